The number of hydrogen-bond acceptors (Lipinski definition) is 3. The number of aryl methyl sites for hydroxylation is 1. The molecule has 3 aromatic rings. The first-order valence-corrected chi connectivity index (χ1v) is 9.23. The van der Waals surface area contributed by atoms with Crippen molar-refractivity contribution in [2.75, 3.05) is 6.26 Å². The molecule has 116 valence electrons. The van der Waals surface area contributed by atoms with E-state index in [0.717, 1.165) is 52.6 Å². The average molecular weight is 323 g/mol. The Kier molecular flexibility index (Phi) is 3.58. The Morgan fingerprint density at radius 3 is 2.74 bits per heavy atom. The van der Waals surface area contributed by atoms with E-state index in [0.29, 0.717) is 0 Å². The van der Waals surface area contributed by atoms with E-state index in [4.69, 9.17) is 4.98 Å². The van der Waals surface area contributed by atoms with Crippen molar-refractivity contribution in [3.8, 4) is 22.5 Å². The Morgan fingerprint density at radius 1 is 1.13 bits per heavy atom. The number of fused-ring (bicyclic) bond motifs is 1. The third kappa shape index (κ3) is 2.51. The summed E-state index contributed by atoms with van der Waals surface area (Å²) in [6, 6.07) is 11.9. The lowest BCUT2D eigenvalue weighted by atomic mass is 10.1. The van der Waals surface area contributed by atoms with Gasteiger partial charge in [0.25, 0.3) is 0 Å². The maximum absolute atomic E-state index is 11.8. The van der Waals surface area contributed by atoms with Gasteiger partial charge < -0.3 is 4.57 Å². The van der Waals surface area contributed by atoms with Crippen LogP contribution in [0.5, 0.6) is 0 Å². The molecular weight excluding hydrogens is 306 g/mol. The molecule has 2 aromatic heterocycles. The van der Waals surface area contributed by atoms with Crippen molar-refractivity contribution in [1.82, 2.24) is 14.5 Å². The zero-order chi connectivity index (χ0) is 15.8. The topological polar surface area (TPSA) is 47.8 Å². The van der Waals surface area contributed by atoms with Crippen LogP contribution in [0.4, 0.5) is 0 Å². The van der Waals surface area contributed by atoms with Crippen LogP contribution in [0.2, 0.25) is 0 Å². The number of imidazole rings is 1. The van der Waals surface area contributed by atoms with Gasteiger partial charge >= 0.3 is 0 Å². The van der Waals surface area contributed by atoms with Gasteiger partial charge in [-0.1, -0.05) is 12.1 Å². The van der Waals surface area contributed by atoms with Gasteiger partial charge in [-0.05, 0) is 30.7 Å². The van der Waals surface area contributed by atoms with Crippen LogP contribution in [-0.4, -0.2) is 25.0 Å². The second-order valence-corrected chi connectivity index (χ2v) is 7.08. The van der Waals surface area contributed by atoms with E-state index in [1.165, 1.54) is 0 Å². The molecule has 1 atom stereocenters. The van der Waals surface area contributed by atoms with Gasteiger partial charge in [-0.2, -0.15) is 0 Å². The smallest absolute Gasteiger partial charge is 0.109 e. The minimum Gasteiger partial charge on any atom is -0.327 e. The van der Waals surface area contributed by atoms with Gasteiger partial charge in [0.15, 0.2) is 0 Å². The molecule has 0 saturated carbocycles. The van der Waals surface area contributed by atoms with Crippen molar-refractivity contribution >= 4 is 10.8 Å². The number of nitrogens with zero attached hydrogens (tertiary/aromatic N) is 3. The van der Waals surface area contributed by atoms with Crippen molar-refractivity contribution in [3.63, 3.8) is 0 Å². The maximum atomic E-state index is 11.8. The van der Waals surface area contributed by atoms with Gasteiger partial charge in [0, 0.05) is 58.4 Å². The minimum atomic E-state index is -0.995. The largest absolute Gasteiger partial charge is 0.327 e. The minimum absolute atomic E-state index is 0.830. The Labute approximate surface area is 137 Å². The van der Waals surface area contributed by atoms with Crippen molar-refractivity contribution in [1.29, 1.82) is 0 Å². The highest BCUT2D eigenvalue weighted by molar-refractivity contribution is 7.84. The monoisotopic (exact) mass is 323 g/mol. The highest BCUT2D eigenvalue weighted by Gasteiger charge is 2.23. The fourth-order valence-corrected chi connectivity index (χ4v) is 3.72. The van der Waals surface area contributed by atoms with Gasteiger partial charge in [0.05, 0.1) is 11.4 Å². The first-order chi connectivity index (χ1) is 11.2. The molecule has 0 amide bonds. The molecule has 1 aromatic carbocycles. The molecule has 4 rings (SSSR count). The normalized spacial score (nSPS) is 14.7. The Morgan fingerprint density at radius 2 is 1.96 bits per heavy atom. The van der Waals surface area contributed by atoms with Crippen molar-refractivity contribution in [2.45, 2.75) is 24.3 Å². The Hall–Kier alpha value is -2.27. The number of hydrogen-bond donors (Lipinski definition) is 0. The second kappa shape index (κ2) is 5.74. The third-order valence-electron chi connectivity index (χ3n) is 4.22. The summed E-state index contributed by atoms with van der Waals surface area (Å²) >= 11 is 0. The lowest BCUT2D eigenvalue weighted by molar-refractivity contribution is 0.687. The molecular formula is C18H17N3OS. The van der Waals surface area contributed by atoms with Gasteiger partial charge in [0.1, 0.15) is 5.82 Å². The van der Waals surface area contributed by atoms with Crippen LogP contribution in [0.3, 0.4) is 0 Å². The molecule has 0 N–H and O–H groups in total. The fraction of sp³-hybridized carbons (Fsp3) is 0.222. The molecule has 1 unspecified atom stereocenters. The maximum Gasteiger partial charge on any atom is 0.109 e. The van der Waals surface area contributed by atoms with E-state index in [2.05, 4.69) is 9.55 Å². The summed E-state index contributed by atoms with van der Waals surface area (Å²) in [5.74, 6) is 1.13. The van der Waals surface area contributed by atoms with Crippen molar-refractivity contribution in [2.24, 2.45) is 0 Å². The van der Waals surface area contributed by atoms with Gasteiger partial charge in [0.2, 0.25) is 0 Å². The van der Waals surface area contributed by atoms with Crippen LogP contribution in [0, 0.1) is 0 Å². The summed E-state index contributed by atoms with van der Waals surface area (Å²) in [5, 5.41) is 0. The van der Waals surface area contributed by atoms with E-state index in [-0.39, 0.29) is 0 Å². The second-order valence-electron chi connectivity index (χ2n) is 5.70. The average Bonchev–Trinajstić information content (AvgIpc) is 3.16. The molecule has 5 heteroatoms. The number of rotatable bonds is 3. The predicted octanol–water partition coefficient (Wildman–Crippen LogP) is 3.30. The quantitative estimate of drug-likeness (QED) is 0.743. The molecule has 3 heterocycles. The van der Waals surface area contributed by atoms with Gasteiger partial charge in [-0.15, -0.1) is 0 Å². The summed E-state index contributed by atoms with van der Waals surface area (Å²) in [7, 11) is -0.995. The van der Waals surface area contributed by atoms with Crippen LogP contribution >= 0.6 is 0 Å². The van der Waals surface area contributed by atoms with Crippen LogP contribution in [-0.2, 0) is 23.8 Å². The van der Waals surface area contributed by atoms with Crippen LogP contribution in [0.15, 0.2) is 53.7 Å². The number of pyridine rings is 1. The van der Waals surface area contributed by atoms with Gasteiger partial charge in [-0.3, -0.25) is 9.19 Å². The van der Waals surface area contributed by atoms with Crippen molar-refractivity contribution < 1.29 is 4.21 Å². The van der Waals surface area contributed by atoms with Crippen LogP contribution < -0.4 is 0 Å². The van der Waals surface area contributed by atoms with E-state index < -0.39 is 10.8 Å². The molecule has 0 spiro atoms. The van der Waals surface area contributed by atoms with E-state index in [9.17, 15) is 4.21 Å². The summed E-state index contributed by atoms with van der Waals surface area (Å²) in [4.78, 5) is 9.83. The first-order valence-electron chi connectivity index (χ1n) is 7.68. The Balaban J connectivity index is 1.93. The fourth-order valence-electron chi connectivity index (χ4n) is 3.15. The highest BCUT2D eigenvalue weighted by Crippen LogP contribution is 2.35. The molecule has 0 aliphatic carbocycles. The third-order valence-corrected chi connectivity index (χ3v) is 5.14. The molecule has 23 heavy (non-hydrogen) atoms. The standard InChI is InChI=1S/C18H17N3OS/c1-23(22)15-5-2-4-14(12-15)17-18(13-7-9-19-10-8-13)21-11-3-6-16(21)20-17/h2,4-5,7-10,12H,3,6,11H2,1H3. The Bertz CT molecular complexity index is 887. The van der Waals surface area contributed by atoms with E-state index in [1.54, 1.807) is 6.26 Å². The highest BCUT2D eigenvalue weighted by atomic mass is 32.2. The predicted molar refractivity (Wildman–Crippen MR) is 91.5 cm³/mol. The SMILES string of the molecule is CS(=O)c1cccc(-c2nc3n(c2-c2ccncc2)CCC3)c1. The molecule has 1 aliphatic heterocycles. The first kappa shape index (κ1) is 14.3. The summed E-state index contributed by atoms with van der Waals surface area (Å²) in [6.07, 6.45) is 7.48. The molecule has 1 aliphatic rings. The van der Waals surface area contributed by atoms with Crippen LogP contribution in [0.25, 0.3) is 22.5 Å². The lowest BCUT2D eigenvalue weighted by Gasteiger charge is -2.09. The molecule has 0 saturated heterocycles. The zero-order valence-electron chi connectivity index (χ0n) is 12.9. The number of benzene rings is 1. The van der Waals surface area contributed by atoms with Crippen LogP contribution in [0.1, 0.15) is 12.2 Å². The van der Waals surface area contributed by atoms with Gasteiger partial charge in [-0.25, -0.2) is 4.98 Å². The molecule has 0 fully saturated rings. The van der Waals surface area contributed by atoms with E-state index >= 15 is 0 Å². The van der Waals surface area contributed by atoms with E-state index in [1.807, 2.05) is 48.8 Å². The van der Waals surface area contributed by atoms with Crippen molar-refractivity contribution in [3.05, 3.63) is 54.6 Å². The lowest BCUT2D eigenvalue weighted by Crippen LogP contribution is -1.96. The summed E-state index contributed by atoms with van der Waals surface area (Å²) < 4.78 is 14.1. The molecule has 4 nitrogen and oxygen atoms in total. The summed E-state index contributed by atoms with van der Waals surface area (Å²) in [5.41, 5.74) is 4.25. The molecule has 0 bridgehead atoms. The summed E-state index contributed by atoms with van der Waals surface area (Å²) in [6.45, 7) is 0.999. The number of aromatic nitrogens is 3. The zero-order valence-corrected chi connectivity index (χ0v) is 13.7. The molecule has 0 radical (unpaired) electrons.